The molecule has 0 aliphatic rings. The van der Waals surface area contributed by atoms with Gasteiger partial charge in [-0.2, -0.15) is 0 Å². The summed E-state index contributed by atoms with van der Waals surface area (Å²) in [7, 11) is 0. The summed E-state index contributed by atoms with van der Waals surface area (Å²) in [4.78, 5) is 10.8. The van der Waals surface area contributed by atoms with Crippen molar-refractivity contribution in [3.05, 3.63) is 88.0 Å². The van der Waals surface area contributed by atoms with Crippen molar-refractivity contribution in [3.63, 3.8) is 0 Å². The lowest BCUT2D eigenvalue weighted by Crippen LogP contribution is -1.94. The summed E-state index contributed by atoms with van der Waals surface area (Å²) in [5.41, 5.74) is 2.47. The summed E-state index contributed by atoms with van der Waals surface area (Å²) in [6.45, 7) is 0. The molecule has 0 spiro atoms. The van der Waals surface area contributed by atoms with Gasteiger partial charge in [-0.25, -0.2) is 0 Å². The van der Waals surface area contributed by atoms with Crippen molar-refractivity contribution >= 4 is 16.5 Å². The molecule has 98 valence electrons. The lowest BCUT2D eigenvalue weighted by molar-refractivity contribution is -0.383. The number of non-ortho nitro benzene ring substituents is 1. The molecule has 0 heterocycles. The van der Waals surface area contributed by atoms with E-state index in [9.17, 15) is 10.1 Å². The van der Waals surface area contributed by atoms with E-state index in [1.807, 2.05) is 48.5 Å². The fourth-order valence-electron chi connectivity index (χ4n) is 2.47. The largest absolute Gasteiger partial charge is 0.277 e. The normalized spacial score (nSPS) is 10.6. The number of hydrogen-bond acceptors (Lipinski definition) is 2. The number of rotatable bonds is 3. The zero-order valence-electron chi connectivity index (χ0n) is 10.8. The van der Waals surface area contributed by atoms with Gasteiger partial charge in [-0.15, -0.1) is 0 Å². The quantitative estimate of drug-likeness (QED) is 0.521. The minimum atomic E-state index is -0.325. The topological polar surface area (TPSA) is 43.1 Å². The minimum Gasteiger partial charge on any atom is -0.258 e. The Bertz CT molecular complexity index is 766. The van der Waals surface area contributed by atoms with Crippen LogP contribution in [-0.4, -0.2) is 4.92 Å². The molecule has 0 fully saturated rings. The van der Waals surface area contributed by atoms with Crippen LogP contribution in [0.5, 0.6) is 0 Å². The molecule has 0 aliphatic carbocycles. The van der Waals surface area contributed by atoms with Crippen LogP contribution in [0.2, 0.25) is 0 Å². The average molecular weight is 263 g/mol. The minimum absolute atomic E-state index is 0.164. The third-order valence-electron chi connectivity index (χ3n) is 3.43. The average Bonchev–Trinajstić information content (AvgIpc) is 2.48. The second kappa shape index (κ2) is 5.13. The maximum absolute atomic E-state index is 11.1. The predicted octanol–water partition coefficient (Wildman–Crippen LogP) is 4.34. The van der Waals surface area contributed by atoms with E-state index in [1.54, 1.807) is 6.07 Å². The molecule has 0 saturated heterocycles. The van der Waals surface area contributed by atoms with Crippen molar-refractivity contribution in [3.8, 4) is 0 Å². The first kappa shape index (κ1) is 12.4. The molecule has 0 radical (unpaired) electrons. The molecule has 0 saturated carbocycles. The number of nitro benzene ring substituents is 1. The fourth-order valence-corrected chi connectivity index (χ4v) is 2.47. The van der Waals surface area contributed by atoms with Gasteiger partial charge in [-0.1, -0.05) is 54.6 Å². The molecule has 3 aromatic carbocycles. The van der Waals surface area contributed by atoms with Gasteiger partial charge in [0.05, 0.1) is 10.3 Å². The van der Waals surface area contributed by atoms with Crippen LogP contribution < -0.4 is 0 Å². The molecule has 0 N–H and O–H groups in total. The van der Waals surface area contributed by atoms with Gasteiger partial charge in [-0.3, -0.25) is 10.1 Å². The molecule has 0 amide bonds. The van der Waals surface area contributed by atoms with E-state index in [1.165, 1.54) is 5.56 Å². The summed E-state index contributed by atoms with van der Waals surface area (Å²) < 4.78 is 0. The molecule has 0 aromatic heterocycles. The van der Waals surface area contributed by atoms with Gasteiger partial charge in [0, 0.05) is 6.07 Å². The second-order valence-corrected chi connectivity index (χ2v) is 4.71. The Hall–Kier alpha value is -2.68. The Kier molecular flexibility index (Phi) is 3.17. The van der Waals surface area contributed by atoms with Crippen molar-refractivity contribution in [1.82, 2.24) is 0 Å². The van der Waals surface area contributed by atoms with Gasteiger partial charge in [0.25, 0.3) is 5.69 Å². The number of hydrogen-bond donors (Lipinski definition) is 0. The van der Waals surface area contributed by atoms with Crippen LogP contribution in [0.3, 0.4) is 0 Å². The van der Waals surface area contributed by atoms with Gasteiger partial charge < -0.3 is 0 Å². The molecule has 20 heavy (non-hydrogen) atoms. The Morgan fingerprint density at radius 2 is 1.45 bits per heavy atom. The summed E-state index contributed by atoms with van der Waals surface area (Å²) in [6, 6.07) is 21.1. The molecule has 3 heteroatoms. The monoisotopic (exact) mass is 263 g/mol. The first-order valence-electron chi connectivity index (χ1n) is 6.44. The summed E-state index contributed by atoms with van der Waals surface area (Å²) >= 11 is 0. The molecular formula is C17H13NO2. The standard InChI is InChI=1S/C17H13NO2/c19-18(20)17-11-10-14(12-13-6-2-1-3-7-13)15-8-4-5-9-16(15)17/h1-11H,12H2. The van der Waals surface area contributed by atoms with E-state index in [-0.39, 0.29) is 10.6 Å². The molecule has 0 aliphatic heterocycles. The molecule has 3 nitrogen and oxygen atoms in total. The van der Waals surface area contributed by atoms with Crippen LogP contribution in [0.15, 0.2) is 66.7 Å². The zero-order chi connectivity index (χ0) is 13.9. The Balaban J connectivity index is 2.13. The van der Waals surface area contributed by atoms with Crippen LogP contribution in [-0.2, 0) is 6.42 Å². The van der Waals surface area contributed by atoms with Crippen molar-refractivity contribution in [2.75, 3.05) is 0 Å². The van der Waals surface area contributed by atoms with Crippen LogP contribution in [0.25, 0.3) is 10.8 Å². The number of nitrogens with zero attached hydrogens (tertiary/aromatic N) is 1. The van der Waals surface area contributed by atoms with E-state index < -0.39 is 0 Å². The van der Waals surface area contributed by atoms with Crippen LogP contribution in [0.4, 0.5) is 5.69 Å². The Morgan fingerprint density at radius 1 is 0.800 bits per heavy atom. The first-order chi connectivity index (χ1) is 9.75. The Labute approximate surface area is 116 Å². The van der Waals surface area contributed by atoms with Crippen LogP contribution in [0.1, 0.15) is 11.1 Å². The van der Waals surface area contributed by atoms with Crippen molar-refractivity contribution in [1.29, 1.82) is 0 Å². The van der Waals surface area contributed by atoms with E-state index in [2.05, 4.69) is 12.1 Å². The molecule has 3 aromatic rings. The predicted molar refractivity (Wildman–Crippen MR) is 79.9 cm³/mol. The molecule has 3 rings (SSSR count). The highest BCUT2D eigenvalue weighted by Gasteiger charge is 2.13. The van der Waals surface area contributed by atoms with E-state index in [4.69, 9.17) is 0 Å². The fraction of sp³-hybridized carbons (Fsp3) is 0.0588. The number of nitro groups is 1. The highest BCUT2D eigenvalue weighted by atomic mass is 16.6. The lowest BCUT2D eigenvalue weighted by Gasteiger charge is -2.07. The SMILES string of the molecule is O=[N+]([O-])c1ccc(Cc2ccccc2)c2ccccc12. The summed E-state index contributed by atoms with van der Waals surface area (Å²) in [5.74, 6) is 0. The van der Waals surface area contributed by atoms with Crippen LogP contribution in [0, 0.1) is 10.1 Å². The van der Waals surface area contributed by atoms with Gasteiger partial charge in [-0.05, 0) is 29.0 Å². The van der Waals surface area contributed by atoms with E-state index in [0.29, 0.717) is 5.39 Å². The van der Waals surface area contributed by atoms with Gasteiger partial charge in [0.15, 0.2) is 0 Å². The molecular weight excluding hydrogens is 250 g/mol. The number of benzene rings is 3. The second-order valence-electron chi connectivity index (χ2n) is 4.71. The number of fused-ring (bicyclic) bond motifs is 1. The maximum atomic E-state index is 11.1. The molecule has 0 atom stereocenters. The molecule has 0 unspecified atom stereocenters. The molecule has 0 bridgehead atoms. The van der Waals surface area contributed by atoms with Crippen molar-refractivity contribution < 1.29 is 4.92 Å². The smallest absolute Gasteiger partial charge is 0.258 e. The zero-order valence-corrected chi connectivity index (χ0v) is 10.8. The van der Waals surface area contributed by atoms with E-state index in [0.717, 1.165) is 17.4 Å². The van der Waals surface area contributed by atoms with Gasteiger partial charge >= 0.3 is 0 Å². The van der Waals surface area contributed by atoms with Gasteiger partial charge in [0.2, 0.25) is 0 Å². The summed E-state index contributed by atoms with van der Waals surface area (Å²) in [5, 5.41) is 12.7. The van der Waals surface area contributed by atoms with Crippen molar-refractivity contribution in [2.45, 2.75) is 6.42 Å². The lowest BCUT2D eigenvalue weighted by atomic mass is 9.97. The first-order valence-corrected chi connectivity index (χ1v) is 6.44. The maximum Gasteiger partial charge on any atom is 0.277 e. The van der Waals surface area contributed by atoms with Crippen LogP contribution >= 0.6 is 0 Å². The van der Waals surface area contributed by atoms with Gasteiger partial charge in [0.1, 0.15) is 0 Å². The third kappa shape index (κ3) is 2.26. The third-order valence-corrected chi connectivity index (χ3v) is 3.43. The highest BCUT2D eigenvalue weighted by molar-refractivity contribution is 5.93. The van der Waals surface area contributed by atoms with Crippen molar-refractivity contribution in [2.24, 2.45) is 0 Å². The summed E-state index contributed by atoms with van der Waals surface area (Å²) in [6.07, 6.45) is 0.777. The highest BCUT2D eigenvalue weighted by Crippen LogP contribution is 2.29. The van der Waals surface area contributed by atoms with E-state index >= 15 is 0 Å². The Morgan fingerprint density at radius 3 is 2.15 bits per heavy atom.